The number of nitrogens with one attached hydrogen (secondary N) is 2. The Morgan fingerprint density at radius 1 is 1.30 bits per heavy atom. The molecule has 0 saturated carbocycles. The zero-order chi connectivity index (χ0) is 15.8. The Hall–Kier alpha value is -2.66. The molecular weight excluding hydrogens is 290 g/mol. The molecule has 1 aliphatic rings. The lowest BCUT2D eigenvalue weighted by molar-refractivity contribution is -0.121. The molecule has 0 radical (unpaired) electrons. The van der Waals surface area contributed by atoms with Crippen LogP contribution in [0.2, 0.25) is 0 Å². The number of carbonyl (C=O) groups excluding carboxylic acids is 1. The number of aliphatic hydroxyl groups is 1. The van der Waals surface area contributed by atoms with Crippen LogP contribution in [0.1, 0.15) is 22.7 Å². The number of aromatic nitrogens is 2. The van der Waals surface area contributed by atoms with Crippen LogP contribution in [0, 0.1) is 0 Å². The van der Waals surface area contributed by atoms with Crippen molar-refractivity contribution in [1.82, 2.24) is 15.5 Å². The average molecular weight is 307 g/mol. The molecule has 1 aromatic heterocycles. The van der Waals surface area contributed by atoms with Gasteiger partial charge in [-0.2, -0.15) is 5.10 Å². The first-order valence-electron chi connectivity index (χ1n) is 7.68. The predicted molar refractivity (Wildman–Crippen MR) is 86.8 cm³/mol. The van der Waals surface area contributed by atoms with Crippen LogP contribution in [0.5, 0.6) is 0 Å². The summed E-state index contributed by atoms with van der Waals surface area (Å²) in [6, 6.07) is 13.3. The highest BCUT2D eigenvalue weighted by Gasteiger charge is 2.31. The molecule has 0 bridgehead atoms. The van der Waals surface area contributed by atoms with Crippen LogP contribution < -0.4 is 5.32 Å². The monoisotopic (exact) mass is 307 g/mol. The summed E-state index contributed by atoms with van der Waals surface area (Å²) in [5, 5.41) is 21.0. The SMILES string of the molecule is O=C(Cc1ccc2[nH]ncc2c1)N[C@H]1c2ccccc2C[C@@H]1O. The van der Waals surface area contributed by atoms with Crippen molar-refractivity contribution in [3.05, 3.63) is 65.4 Å². The molecule has 5 heteroatoms. The molecule has 116 valence electrons. The van der Waals surface area contributed by atoms with Crippen molar-refractivity contribution in [2.24, 2.45) is 0 Å². The second-order valence-corrected chi connectivity index (χ2v) is 5.98. The van der Waals surface area contributed by atoms with Gasteiger partial charge in [-0.1, -0.05) is 30.3 Å². The van der Waals surface area contributed by atoms with E-state index in [1.807, 2.05) is 42.5 Å². The van der Waals surface area contributed by atoms with E-state index in [9.17, 15) is 9.90 Å². The molecule has 23 heavy (non-hydrogen) atoms. The zero-order valence-electron chi connectivity index (χ0n) is 12.5. The van der Waals surface area contributed by atoms with Gasteiger partial charge in [0.2, 0.25) is 5.91 Å². The fourth-order valence-electron chi connectivity index (χ4n) is 3.26. The highest BCUT2D eigenvalue weighted by Crippen LogP contribution is 2.31. The summed E-state index contributed by atoms with van der Waals surface area (Å²) >= 11 is 0. The standard InChI is InChI=1S/C18H17N3O2/c22-16-9-12-3-1-2-4-14(12)18(16)20-17(23)8-11-5-6-15-13(7-11)10-19-21-15/h1-7,10,16,18,22H,8-9H2,(H,19,21)(H,20,23)/t16-,18-/m0/s1. The summed E-state index contributed by atoms with van der Waals surface area (Å²) < 4.78 is 0. The van der Waals surface area contributed by atoms with Crippen molar-refractivity contribution in [2.45, 2.75) is 25.0 Å². The minimum Gasteiger partial charge on any atom is -0.390 e. The second kappa shape index (κ2) is 5.52. The third-order valence-corrected chi connectivity index (χ3v) is 4.39. The van der Waals surface area contributed by atoms with Gasteiger partial charge >= 0.3 is 0 Å². The highest BCUT2D eigenvalue weighted by atomic mass is 16.3. The van der Waals surface area contributed by atoms with E-state index in [2.05, 4.69) is 15.5 Å². The summed E-state index contributed by atoms with van der Waals surface area (Å²) in [5.41, 5.74) is 4.00. The number of hydrogen-bond donors (Lipinski definition) is 3. The number of H-pyrrole nitrogens is 1. The van der Waals surface area contributed by atoms with Crippen LogP contribution in [0.4, 0.5) is 0 Å². The number of fused-ring (bicyclic) bond motifs is 2. The molecule has 3 aromatic rings. The quantitative estimate of drug-likeness (QED) is 0.691. The fraction of sp³-hybridized carbons (Fsp3) is 0.222. The number of aliphatic hydroxyl groups excluding tert-OH is 1. The molecular formula is C18H17N3O2. The summed E-state index contributed by atoms with van der Waals surface area (Å²) in [6.45, 7) is 0. The molecule has 2 atom stereocenters. The Balaban J connectivity index is 1.49. The van der Waals surface area contributed by atoms with E-state index in [4.69, 9.17) is 0 Å². The van der Waals surface area contributed by atoms with Crippen LogP contribution in [0.3, 0.4) is 0 Å². The van der Waals surface area contributed by atoms with Crippen LogP contribution in [0.25, 0.3) is 10.9 Å². The maximum Gasteiger partial charge on any atom is 0.224 e. The first kappa shape index (κ1) is 14.0. The maximum absolute atomic E-state index is 12.4. The summed E-state index contributed by atoms with van der Waals surface area (Å²) in [6.07, 6.45) is 2.05. The van der Waals surface area contributed by atoms with Crippen molar-refractivity contribution in [1.29, 1.82) is 0 Å². The summed E-state index contributed by atoms with van der Waals surface area (Å²) in [7, 11) is 0. The van der Waals surface area contributed by atoms with Gasteiger partial charge in [-0.15, -0.1) is 0 Å². The van der Waals surface area contributed by atoms with E-state index in [1.165, 1.54) is 0 Å². The van der Waals surface area contributed by atoms with Crippen LogP contribution >= 0.6 is 0 Å². The van der Waals surface area contributed by atoms with Gasteiger partial charge in [0.05, 0.1) is 30.3 Å². The fourth-order valence-corrected chi connectivity index (χ4v) is 3.26. The van der Waals surface area contributed by atoms with Gasteiger partial charge in [-0.3, -0.25) is 9.89 Å². The lowest BCUT2D eigenvalue weighted by atomic mass is 10.1. The number of benzene rings is 2. The number of nitrogens with zero attached hydrogens (tertiary/aromatic N) is 1. The number of rotatable bonds is 3. The van der Waals surface area contributed by atoms with Gasteiger partial charge in [0, 0.05) is 11.8 Å². The molecule has 5 nitrogen and oxygen atoms in total. The molecule has 1 amide bonds. The van der Waals surface area contributed by atoms with Crippen LogP contribution in [-0.2, 0) is 17.6 Å². The van der Waals surface area contributed by atoms with Crippen LogP contribution in [-0.4, -0.2) is 27.3 Å². The van der Waals surface area contributed by atoms with E-state index < -0.39 is 6.10 Å². The minimum atomic E-state index is -0.562. The van der Waals surface area contributed by atoms with E-state index in [-0.39, 0.29) is 18.4 Å². The summed E-state index contributed by atoms with van der Waals surface area (Å²) in [5.74, 6) is -0.0893. The Kier molecular flexibility index (Phi) is 3.35. The van der Waals surface area contributed by atoms with E-state index >= 15 is 0 Å². The van der Waals surface area contributed by atoms with Crippen molar-refractivity contribution in [3.63, 3.8) is 0 Å². The number of aromatic amines is 1. The normalized spacial score (nSPS) is 19.7. The van der Waals surface area contributed by atoms with Gasteiger partial charge < -0.3 is 10.4 Å². The largest absolute Gasteiger partial charge is 0.390 e. The Bertz CT molecular complexity index is 871. The first-order chi connectivity index (χ1) is 11.2. The van der Waals surface area contributed by atoms with Crippen molar-refractivity contribution in [2.75, 3.05) is 0 Å². The first-order valence-corrected chi connectivity index (χ1v) is 7.68. The lowest BCUT2D eigenvalue weighted by Crippen LogP contribution is -2.34. The predicted octanol–water partition coefficient (Wildman–Crippen LogP) is 1.88. The third kappa shape index (κ3) is 2.59. The van der Waals surface area contributed by atoms with Crippen molar-refractivity contribution in [3.8, 4) is 0 Å². The minimum absolute atomic E-state index is 0.0893. The molecule has 0 unspecified atom stereocenters. The molecule has 0 aliphatic heterocycles. The smallest absolute Gasteiger partial charge is 0.224 e. The van der Waals surface area contributed by atoms with Crippen molar-refractivity contribution >= 4 is 16.8 Å². The lowest BCUT2D eigenvalue weighted by Gasteiger charge is -2.18. The average Bonchev–Trinajstić information content (AvgIpc) is 3.12. The molecule has 1 aliphatic carbocycles. The maximum atomic E-state index is 12.4. The molecule has 1 heterocycles. The van der Waals surface area contributed by atoms with E-state index in [0.29, 0.717) is 6.42 Å². The molecule has 0 fully saturated rings. The third-order valence-electron chi connectivity index (χ3n) is 4.39. The molecule has 4 rings (SSSR count). The van der Waals surface area contributed by atoms with Crippen LogP contribution in [0.15, 0.2) is 48.7 Å². The van der Waals surface area contributed by atoms with Gasteiger partial charge in [0.1, 0.15) is 0 Å². The molecule has 2 aromatic carbocycles. The Morgan fingerprint density at radius 2 is 2.17 bits per heavy atom. The Labute approximate surface area is 133 Å². The van der Waals surface area contributed by atoms with Gasteiger partial charge in [0.25, 0.3) is 0 Å². The summed E-state index contributed by atoms with van der Waals surface area (Å²) in [4.78, 5) is 12.4. The van der Waals surface area contributed by atoms with Gasteiger partial charge in [-0.05, 0) is 28.8 Å². The molecule has 0 saturated heterocycles. The molecule has 3 N–H and O–H groups in total. The highest BCUT2D eigenvalue weighted by molar-refractivity contribution is 5.83. The zero-order valence-corrected chi connectivity index (χ0v) is 12.5. The van der Waals surface area contributed by atoms with Gasteiger partial charge in [0.15, 0.2) is 0 Å². The number of hydrogen-bond acceptors (Lipinski definition) is 3. The topological polar surface area (TPSA) is 78.0 Å². The van der Waals surface area contributed by atoms with E-state index in [1.54, 1.807) is 6.20 Å². The van der Waals surface area contributed by atoms with Crippen molar-refractivity contribution < 1.29 is 9.90 Å². The number of carbonyl (C=O) groups is 1. The number of amides is 1. The van der Waals surface area contributed by atoms with Gasteiger partial charge in [-0.25, -0.2) is 0 Å². The second-order valence-electron chi connectivity index (χ2n) is 5.98. The Morgan fingerprint density at radius 3 is 3.09 bits per heavy atom. The van der Waals surface area contributed by atoms with E-state index in [0.717, 1.165) is 27.6 Å². The molecule has 0 spiro atoms.